The van der Waals surface area contributed by atoms with Gasteiger partial charge in [0.25, 0.3) is 0 Å². The number of carboxylic acid groups (broad SMARTS) is 1. The van der Waals surface area contributed by atoms with Crippen molar-refractivity contribution in [1.29, 1.82) is 0 Å². The van der Waals surface area contributed by atoms with E-state index >= 15 is 0 Å². The Balaban J connectivity index is 2.09. The molecule has 2 heterocycles. The van der Waals surface area contributed by atoms with Gasteiger partial charge in [-0.05, 0) is 6.42 Å². The van der Waals surface area contributed by atoms with Crippen LogP contribution in [0.25, 0.3) is 0 Å². The number of halogens is 1. The van der Waals surface area contributed by atoms with Crippen molar-refractivity contribution >= 4 is 23.5 Å². The summed E-state index contributed by atoms with van der Waals surface area (Å²) in [4.78, 5) is 20.0. The van der Waals surface area contributed by atoms with Gasteiger partial charge in [0.1, 0.15) is 12.9 Å². The second-order valence-corrected chi connectivity index (χ2v) is 4.65. The molecule has 2 atom stereocenters. The monoisotopic (exact) mass is 302 g/mol. The number of hydrogen-bond donors (Lipinski definition) is 2. The van der Waals surface area contributed by atoms with E-state index in [2.05, 4.69) is 9.97 Å². The Morgan fingerprint density at radius 1 is 1.65 bits per heavy atom. The Morgan fingerprint density at radius 3 is 3.00 bits per heavy atom. The molecule has 0 aliphatic carbocycles. The normalized spacial score (nSPS) is 22.0. The number of amides is 1. The van der Waals surface area contributed by atoms with E-state index in [0.29, 0.717) is 13.0 Å². The van der Waals surface area contributed by atoms with E-state index in [-0.39, 0.29) is 29.4 Å². The number of likely N-dealkylation sites (tertiary alicyclic amines) is 1. The molecule has 1 aliphatic heterocycles. The number of methoxy groups -OCH3 is 1. The first-order valence-electron chi connectivity index (χ1n) is 5.95. The van der Waals surface area contributed by atoms with Gasteiger partial charge in [-0.15, -0.1) is 0 Å². The van der Waals surface area contributed by atoms with E-state index in [1.807, 2.05) is 0 Å². The quantitative estimate of drug-likeness (QED) is 0.793. The molecule has 2 rings (SSSR count). The minimum absolute atomic E-state index is 0.0715. The molecule has 0 saturated carbocycles. The molecular formula is C11H15ClN4O4. The first-order valence-corrected chi connectivity index (χ1v) is 6.33. The number of rotatable bonds is 4. The summed E-state index contributed by atoms with van der Waals surface area (Å²) in [6, 6.07) is -0.423. The minimum atomic E-state index is -1.01. The number of nitrogen functional groups attached to an aromatic ring is 1. The van der Waals surface area contributed by atoms with Crippen molar-refractivity contribution < 1.29 is 19.4 Å². The lowest BCUT2D eigenvalue weighted by molar-refractivity contribution is 0.0432. The van der Waals surface area contributed by atoms with Crippen LogP contribution in [0.3, 0.4) is 0 Å². The van der Waals surface area contributed by atoms with E-state index in [0.717, 1.165) is 0 Å². The standard InChI is InChI=1S/C11H15ClN4O4/c1-19-7-2-3-16(11(17)18)6(7)4-20-8-9(12)14-5-15-10(8)13/h5-7H,2-4H2,1H3,(H,17,18)(H2,13,14,15). The summed E-state index contributed by atoms with van der Waals surface area (Å²) >= 11 is 5.87. The first kappa shape index (κ1) is 14.6. The maximum absolute atomic E-state index is 11.2. The topological polar surface area (TPSA) is 111 Å². The third-order valence-electron chi connectivity index (χ3n) is 3.22. The molecule has 110 valence electrons. The maximum atomic E-state index is 11.2. The highest BCUT2D eigenvalue weighted by Gasteiger charge is 2.38. The van der Waals surface area contributed by atoms with Crippen molar-refractivity contribution in [2.45, 2.75) is 18.6 Å². The van der Waals surface area contributed by atoms with Gasteiger partial charge in [-0.1, -0.05) is 11.6 Å². The molecule has 9 heteroatoms. The molecule has 8 nitrogen and oxygen atoms in total. The molecule has 1 aromatic heterocycles. The molecular weight excluding hydrogens is 288 g/mol. The van der Waals surface area contributed by atoms with Crippen LogP contribution in [-0.2, 0) is 4.74 Å². The van der Waals surface area contributed by atoms with Gasteiger partial charge in [0, 0.05) is 13.7 Å². The summed E-state index contributed by atoms with van der Waals surface area (Å²) in [6.07, 6.45) is 0.602. The van der Waals surface area contributed by atoms with Crippen molar-refractivity contribution in [3.05, 3.63) is 11.5 Å². The second kappa shape index (κ2) is 6.10. The lowest BCUT2D eigenvalue weighted by Crippen LogP contribution is -2.43. The predicted octanol–water partition coefficient (Wildman–Crippen LogP) is 0.858. The number of nitrogens with two attached hydrogens (primary N) is 1. The van der Waals surface area contributed by atoms with E-state index < -0.39 is 12.1 Å². The Bertz CT molecular complexity index is 481. The van der Waals surface area contributed by atoms with Crippen molar-refractivity contribution in [3.63, 3.8) is 0 Å². The second-order valence-electron chi connectivity index (χ2n) is 4.30. The highest BCUT2D eigenvalue weighted by Crippen LogP contribution is 2.28. The average molecular weight is 303 g/mol. The lowest BCUT2D eigenvalue weighted by Gasteiger charge is -2.25. The van der Waals surface area contributed by atoms with Crippen LogP contribution in [0.15, 0.2) is 6.33 Å². The van der Waals surface area contributed by atoms with Crippen LogP contribution < -0.4 is 10.5 Å². The fourth-order valence-electron chi connectivity index (χ4n) is 2.20. The molecule has 0 bridgehead atoms. The highest BCUT2D eigenvalue weighted by atomic mass is 35.5. The van der Waals surface area contributed by atoms with Crippen LogP contribution in [0.1, 0.15) is 6.42 Å². The van der Waals surface area contributed by atoms with Crippen LogP contribution in [0.5, 0.6) is 5.75 Å². The first-order chi connectivity index (χ1) is 9.54. The maximum Gasteiger partial charge on any atom is 0.407 e. The van der Waals surface area contributed by atoms with Crippen LogP contribution >= 0.6 is 11.6 Å². The van der Waals surface area contributed by atoms with E-state index in [9.17, 15) is 4.79 Å². The number of hydrogen-bond acceptors (Lipinski definition) is 6. The summed E-state index contributed by atoms with van der Waals surface area (Å²) in [5.41, 5.74) is 5.65. The molecule has 3 N–H and O–H groups in total. The lowest BCUT2D eigenvalue weighted by atomic mass is 10.2. The van der Waals surface area contributed by atoms with Gasteiger partial charge in [0.2, 0.25) is 0 Å². The third-order valence-corrected chi connectivity index (χ3v) is 3.49. The van der Waals surface area contributed by atoms with Crippen LogP contribution in [-0.4, -0.2) is 58.5 Å². The van der Waals surface area contributed by atoms with Gasteiger partial charge in [-0.25, -0.2) is 14.8 Å². The van der Waals surface area contributed by atoms with Crippen molar-refractivity contribution in [3.8, 4) is 5.75 Å². The molecule has 2 unspecified atom stereocenters. The van der Waals surface area contributed by atoms with E-state index in [1.54, 1.807) is 0 Å². The summed E-state index contributed by atoms with van der Waals surface area (Å²) in [7, 11) is 1.54. The Kier molecular flexibility index (Phi) is 4.46. The van der Waals surface area contributed by atoms with Crippen LogP contribution in [0.2, 0.25) is 5.15 Å². The summed E-state index contributed by atoms with van der Waals surface area (Å²) < 4.78 is 10.8. The number of aromatic nitrogens is 2. The Hall–Kier alpha value is -1.80. The van der Waals surface area contributed by atoms with Gasteiger partial charge in [0.05, 0.1) is 12.1 Å². The highest BCUT2D eigenvalue weighted by molar-refractivity contribution is 6.31. The fourth-order valence-corrected chi connectivity index (χ4v) is 2.40. The Morgan fingerprint density at radius 2 is 2.40 bits per heavy atom. The smallest absolute Gasteiger partial charge is 0.407 e. The Labute approximate surface area is 120 Å². The third kappa shape index (κ3) is 2.86. The zero-order valence-electron chi connectivity index (χ0n) is 10.8. The zero-order valence-corrected chi connectivity index (χ0v) is 11.6. The average Bonchev–Trinajstić information content (AvgIpc) is 2.81. The van der Waals surface area contributed by atoms with Crippen molar-refractivity contribution in [2.75, 3.05) is 26.0 Å². The van der Waals surface area contributed by atoms with Crippen LogP contribution in [0, 0.1) is 0 Å². The molecule has 1 aromatic rings. The molecule has 20 heavy (non-hydrogen) atoms. The number of carbonyl (C=O) groups is 1. The SMILES string of the molecule is COC1CCN(C(=O)O)C1COc1c(N)ncnc1Cl. The molecule has 1 saturated heterocycles. The molecule has 1 fully saturated rings. The van der Waals surface area contributed by atoms with Crippen LogP contribution in [0.4, 0.5) is 10.6 Å². The number of anilines is 1. The molecule has 1 amide bonds. The van der Waals surface area contributed by atoms with Gasteiger partial charge < -0.3 is 20.3 Å². The molecule has 0 aromatic carbocycles. The summed E-state index contributed by atoms with van der Waals surface area (Å²) in [5.74, 6) is 0.264. The van der Waals surface area contributed by atoms with E-state index in [4.69, 9.17) is 31.9 Å². The number of nitrogens with zero attached hydrogens (tertiary/aromatic N) is 3. The zero-order chi connectivity index (χ0) is 14.7. The van der Waals surface area contributed by atoms with E-state index in [1.165, 1.54) is 18.3 Å². The molecule has 0 radical (unpaired) electrons. The fraction of sp³-hybridized carbons (Fsp3) is 0.545. The minimum Gasteiger partial charge on any atom is -0.485 e. The predicted molar refractivity (Wildman–Crippen MR) is 70.9 cm³/mol. The summed E-state index contributed by atoms with van der Waals surface area (Å²) in [5, 5.41) is 9.23. The van der Waals surface area contributed by atoms with Gasteiger partial charge in [-0.3, -0.25) is 4.90 Å². The largest absolute Gasteiger partial charge is 0.485 e. The van der Waals surface area contributed by atoms with Gasteiger partial charge in [0.15, 0.2) is 16.7 Å². The molecule has 0 spiro atoms. The van der Waals surface area contributed by atoms with Gasteiger partial charge >= 0.3 is 6.09 Å². The van der Waals surface area contributed by atoms with Gasteiger partial charge in [-0.2, -0.15) is 0 Å². The summed E-state index contributed by atoms with van der Waals surface area (Å²) in [6.45, 7) is 0.471. The molecule has 1 aliphatic rings. The van der Waals surface area contributed by atoms with Crippen molar-refractivity contribution in [1.82, 2.24) is 14.9 Å². The van der Waals surface area contributed by atoms with Crippen molar-refractivity contribution in [2.24, 2.45) is 0 Å². The number of ether oxygens (including phenoxy) is 2.